The van der Waals surface area contributed by atoms with Gasteiger partial charge < -0.3 is 19.9 Å². The van der Waals surface area contributed by atoms with Crippen LogP contribution in [0.15, 0.2) is 35.3 Å². The van der Waals surface area contributed by atoms with E-state index in [2.05, 4.69) is 27.2 Å². The van der Waals surface area contributed by atoms with Gasteiger partial charge in [0.2, 0.25) is 0 Å². The van der Waals surface area contributed by atoms with Crippen molar-refractivity contribution in [3.8, 4) is 5.75 Å². The van der Waals surface area contributed by atoms with Crippen LogP contribution in [0.1, 0.15) is 25.7 Å². The van der Waals surface area contributed by atoms with Crippen molar-refractivity contribution in [3.63, 3.8) is 0 Å². The molecule has 2 heterocycles. The molecule has 1 unspecified atom stereocenters. The third-order valence-electron chi connectivity index (χ3n) is 5.17. The van der Waals surface area contributed by atoms with Crippen molar-refractivity contribution < 1.29 is 4.74 Å². The molecule has 0 aliphatic carbocycles. The van der Waals surface area contributed by atoms with Gasteiger partial charge in [0.25, 0.3) is 0 Å². The van der Waals surface area contributed by atoms with Crippen LogP contribution in [0.2, 0.25) is 0 Å². The molecule has 2 aliphatic rings. The number of hydrogen-bond donors (Lipinski definition) is 1. The summed E-state index contributed by atoms with van der Waals surface area (Å²) in [6, 6.07) is 10.8. The number of rotatable bonds is 4. The van der Waals surface area contributed by atoms with E-state index in [4.69, 9.17) is 4.74 Å². The average Bonchev–Trinajstić information content (AvgIpc) is 3.03. The summed E-state index contributed by atoms with van der Waals surface area (Å²) < 4.78 is 6.08. The molecule has 24 heavy (non-hydrogen) atoms. The van der Waals surface area contributed by atoms with Gasteiger partial charge in [0.1, 0.15) is 11.9 Å². The summed E-state index contributed by atoms with van der Waals surface area (Å²) in [5.74, 6) is 2.01. The molecule has 1 atom stereocenters. The zero-order valence-corrected chi connectivity index (χ0v) is 14.9. The summed E-state index contributed by atoms with van der Waals surface area (Å²) in [7, 11) is 4.10. The number of ether oxygens (including phenoxy) is 1. The third kappa shape index (κ3) is 4.41. The first-order chi connectivity index (χ1) is 11.8. The molecule has 0 saturated carbocycles. The smallest absolute Gasteiger partial charge is 0.193 e. The Kier molecular flexibility index (Phi) is 5.96. The molecule has 2 saturated heterocycles. The molecule has 2 fully saturated rings. The number of benzene rings is 1. The molecule has 5 nitrogen and oxygen atoms in total. The van der Waals surface area contributed by atoms with Crippen LogP contribution in [0.4, 0.5) is 0 Å². The van der Waals surface area contributed by atoms with E-state index in [0.29, 0.717) is 12.1 Å². The van der Waals surface area contributed by atoms with Gasteiger partial charge in [0.15, 0.2) is 5.96 Å². The number of nitrogens with one attached hydrogen (secondary N) is 1. The summed E-state index contributed by atoms with van der Waals surface area (Å²) in [4.78, 5) is 9.28. The van der Waals surface area contributed by atoms with Crippen molar-refractivity contribution in [2.45, 2.75) is 37.8 Å². The predicted octanol–water partition coefficient (Wildman–Crippen LogP) is 2.20. The Morgan fingerprint density at radius 1 is 1.17 bits per heavy atom. The quantitative estimate of drug-likeness (QED) is 0.679. The molecule has 132 valence electrons. The Bertz CT molecular complexity index is 525. The van der Waals surface area contributed by atoms with E-state index in [9.17, 15) is 0 Å². The van der Waals surface area contributed by atoms with Crippen LogP contribution >= 0.6 is 0 Å². The zero-order chi connectivity index (χ0) is 16.8. The lowest BCUT2D eigenvalue weighted by atomic mass is 10.1. The second kappa shape index (κ2) is 8.38. The lowest BCUT2D eigenvalue weighted by molar-refractivity contribution is 0.129. The number of aliphatic imine (C=N–C) groups is 1. The highest BCUT2D eigenvalue weighted by Gasteiger charge is 2.25. The van der Waals surface area contributed by atoms with E-state index in [1.165, 1.54) is 19.4 Å². The maximum Gasteiger partial charge on any atom is 0.193 e. The van der Waals surface area contributed by atoms with E-state index in [1.807, 2.05) is 37.4 Å². The SMILES string of the molecule is CN=C(NCC1CCCN1C)N1CCC(Oc2ccccc2)CC1. The monoisotopic (exact) mass is 330 g/mol. The van der Waals surface area contributed by atoms with Gasteiger partial charge >= 0.3 is 0 Å². The Labute approximate surface area is 145 Å². The molecule has 0 spiro atoms. The van der Waals surface area contributed by atoms with Gasteiger partial charge in [-0.3, -0.25) is 4.99 Å². The minimum atomic E-state index is 0.308. The highest BCUT2D eigenvalue weighted by Crippen LogP contribution is 2.19. The summed E-state index contributed by atoms with van der Waals surface area (Å²) in [5, 5.41) is 3.57. The molecule has 0 amide bonds. The average molecular weight is 330 g/mol. The number of nitrogens with zero attached hydrogens (tertiary/aromatic N) is 3. The fourth-order valence-electron chi connectivity index (χ4n) is 3.66. The third-order valence-corrected chi connectivity index (χ3v) is 5.17. The van der Waals surface area contributed by atoms with Crippen LogP contribution < -0.4 is 10.1 Å². The number of likely N-dealkylation sites (N-methyl/N-ethyl adjacent to an activating group) is 1. The molecule has 2 aliphatic heterocycles. The maximum absolute atomic E-state index is 6.08. The largest absolute Gasteiger partial charge is 0.490 e. The number of likely N-dealkylation sites (tertiary alicyclic amines) is 2. The molecule has 1 N–H and O–H groups in total. The lowest BCUT2D eigenvalue weighted by Gasteiger charge is -2.35. The van der Waals surface area contributed by atoms with Crippen LogP contribution in [-0.4, -0.2) is 68.2 Å². The minimum Gasteiger partial charge on any atom is -0.490 e. The van der Waals surface area contributed by atoms with Crippen molar-refractivity contribution in [3.05, 3.63) is 30.3 Å². The molecule has 0 bridgehead atoms. The van der Waals surface area contributed by atoms with E-state index in [0.717, 1.165) is 44.2 Å². The number of para-hydroxylation sites is 1. The predicted molar refractivity (Wildman–Crippen MR) is 98.7 cm³/mol. The second-order valence-electron chi connectivity index (χ2n) is 6.82. The first-order valence-corrected chi connectivity index (χ1v) is 9.14. The Morgan fingerprint density at radius 2 is 1.92 bits per heavy atom. The van der Waals surface area contributed by atoms with Gasteiger partial charge in [-0.25, -0.2) is 0 Å². The molecular formula is C19H30N4O. The first-order valence-electron chi connectivity index (χ1n) is 9.14. The summed E-state index contributed by atoms with van der Waals surface area (Å²) in [6.45, 7) is 4.20. The fourth-order valence-corrected chi connectivity index (χ4v) is 3.66. The van der Waals surface area contributed by atoms with Crippen molar-refractivity contribution in [2.24, 2.45) is 4.99 Å². The van der Waals surface area contributed by atoms with Crippen LogP contribution in [0.3, 0.4) is 0 Å². The number of hydrogen-bond acceptors (Lipinski definition) is 3. The molecular weight excluding hydrogens is 300 g/mol. The van der Waals surface area contributed by atoms with Gasteiger partial charge in [-0.15, -0.1) is 0 Å². The Balaban J connectivity index is 1.44. The normalized spacial score (nSPS) is 23.5. The van der Waals surface area contributed by atoms with Gasteiger partial charge in [-0.2, -0.15) is 0 Å². The molecule has 3 rings (SSSR count). The van der Waals surface area contributed by atoms with E-state index in [1.54, 1.807) is 0 Å². The molecule has 5 heteroatoms. The van der Waals surface area contributed by atoms with Crippen molar-refractivity contribution >= 4 is 5.96 Å². The van der Waals surface area contributed by atoms with E-state index >= 15 is 0 Å². The van der Waals surface area contributed by atoms with Crippen molar-refractivity contribution in [1.82, 2.24) is 15.1 Å². The van der Waals surface area contributed by atoms with Gasteiger partial charge in [-0.05, 0) is 38.6 Å². The fraction of sp³-hybridized carbons (Fsp3) is 0.632. The van der Waals surface area contributed by atoms with Crippen LogP contribution in [0.25, 0.3) is 0 Å². The highest BCUT2D eigenvalue weighted by atomic mass is 16.5. The molecule has 0 aromatic heterocycles. The summed E-state index contributed by atoms with van der Waals surface area (Å²) >= 11 is 0. The maximum atomic E-state index is 6.08. The van der Waals surface area contributed by atoms with Crippen molar-refractivity contribution in [2.75, 3.05) is 40.3 Å². The molecule has 0 radical (unpaired) electrons. The summed E-state index contributed by atoms with van der Waals surface area (Å²) in [5.41, 5.74) is 0. The number of piperidine rings is 1. The van der Waals surface area contributed by atoms with Crippen LogP contribution in [0, 0.1) is 0 Å². The Hall–Kier alpha value is -1.75. The first kappa shape index (κ1) is 17.1. The summed E-state index contributed by atoms with van der Waals surface area (Å²) in [6.07, 6.45) is 4.98. The minimum absolute atomic E-state index is 0.308. The van der Waals surface area contributed by atoms with E-state index < -0.39 is 0 Å². The van der Waals surface area contributed by atoms with Gasteiger partial charge in [0.05, 0.1) is 0 Å². The van der Waals surface area contributed by atoms with E-state index in [-0.39, 0.29) is 0 Å². The highest BCUT2D eigenvalue weighted by molar-refractivity contribution is 5.80. The lowest BCUT2D eigenvalue weighted by Crippen LogP contribution is -2.50. The standard InChI is InChI=1S/C19H30N4O/c1-20-19(21-15-16-7-6-12-22(16)2)23-13-10-18(11-14-23)24-17-8-4-3-5-9-17/h3-5,8-9,16,18H,6-7,10-15H2,1-2H3,(H,20,21). The van der Waals surface area contributed by atoms with Gasteiger partial charge in [-0.1, -0.05) is 18.2 Å². The number of guanidine groups is 1. The van der Waals surface area contributed by atoms with Crippen molar-refractivity contribution in [1.29, 1.82) is 0 Å². The van der Waals surface area contributed by atoms with Crippen LogP contribution in [-0.2, 0) is 0 Å². The molecule has 1 aromatic rings. The zero-order valence-electron chi connectivity index (χ0n) is 14.9. The second-order valence-corrected chi connectivity index (χ2v) is 6.82. The van der Waals surface area contributed by atoms with Crippen LogP contribution in [0.5, 0.6) is 5.75 Å². The topological polar surface area (TPSA) is 40.1 Å². The van der Waals surface area contributed by atoms with Gasteiger partial charge in [0, 0.05) is 45.6 Å². The Morgan fingerprint density at radius 3 is 2.54 bits per heavy atom. The molecule has 1 aromatic carbocycles.